The highest BCUT2D eigenvalue weighted by Gasteiger charge is 2.28. The fourth-order valence-corrected chi connectivity index (χ4v) is 6.29. The second kappa shape index (κ2) is 10.5. The lowest BCUT2D eigenvalue weighted by Gasteiger charge is -2.31. The van der Waals surface area contributed by atoms with E-state index in [0.29, 0.717) is 29.5 Å². The molecule has 0 radical (unpaired) electrons. The quantitative estimate of drug-likeness (QED) is 0.658. The van der Waals surface area contributed by atoms with Gasteiger partial charge in [0.05, 0.1) is 16.5 Å². The largest absolute Gasteiger partial charge is 0.305 e. The smallest absolute Gasteiger partial charge is 0.243 e. The molecule has 1 aromatic rings. The van der Waals surface area contributed by atoms with Crippen LogP contribution in [0.5, 0.6) is 0 Å². The van der Waals surface area contributed by atoms with Crippen molar-refractivity contribution in [2.45, 2.75) is 17.7 Å². The summed E-state index contributed by atoms with van der Waals surface area (Å²) < 4.78 is 27.6. The van der Waals surface area contributed by atoms with Crippen LogP contribution in [-0.2, 0) is 10.0 Å². The lowest BCUT2D eigenvalue weighted by molar-refractivity contribution is 0.222. The molecule has 0 aromatic heterocycles. The highest BCUT2D eigenvalue weighted by atomic mass is 32.2. The molecule has 178 valence electrons. The van der Waals surface area contributed by atoms with Gasteiger partial charge in [-0.25, -0.2) is 8.42 Å². The average molecular weight is 470 g/mol. The third kappa shape index (κ3) is 5.73. The molecule has 2 aliphatic heterocycles. The van der Waals surface area contributed by atoms with E-state index in [2.05, 4.69) is 40.0 Å². The van der Waals surface area contributed by atoms with Crippen LogP contribution in [-0.4, -0.2) is 100 Å². The number of nitriles is 1. The molecule has 2 saturated heterocycles. The van der Waals surface area contributed by atoms with Gasteiger partial charge in [0.1, 0.15) is 0 Å². The zero-order valence-electron chi connectivity index (χ0n) is 19.8. The van der Waals surface area contributed by atoms with Crippen LogP contribution in [0.1, 0.15) is 18.4 Å². The highest BCUT2D eigenvalue weighted by Crippen LogP contribution is 2.32. The first kappa shape index (κ1) is 24.1. The van der Waals surface area contributed by atoms with Crippen LogP contribution in [0.4, 0.5) is 0 Å². The van der Waals surface area contributed by atoms with Gasteiger partial charge in [0, 0.05) is 45.8 Å². The third-order valence-corrected chi connectivity index (χ3v) is 8.92. The van der Waals surface area contributed by atoms with Crippen LogP contribution in [0.25, 0.3) is 5.57 Å². The van der Waals surface area contributed by atoms with Crippen molar-refractivity contribution < 1.29 is 8.42 Å². The van der Waals surface area contributed by atoms with E-state index in [1.807, 2.05) is 19.2 Å². The van der Waals surface area contributed by atoms with Crippen LogP contribution >= 0.6 is 0 Å². The topological polar surface area (TPSA) is 70.9 Å². The molecule has 33 heavy (non-hydrogen) atoms. The Hall–Kier alpha value is -2.02. The van der Waals surface area contributed by atoms with E-state index in [1.54, 1.807) is 16.4 Å². The van der Waals surface area contributed by atoms with Gasteiger partial charge in [0.15, 0.2) is 0 Å². The molecule has 1 atom stereocenters. The first-order valence-electron chi connectivity index (χ1n) is 11.9. The summed E-state index contributed by atoms with van der Waals surface area (Å²) in [5, 5.41) is 9.82. The fourth-order valence-electron chi connectivity index (χ4n) is 4.87. The lowest BCUT2D eigenvalue weighted by Crippen LogP contribution is -2.46. The van der Waals surface area contributed by atoms with Crippen molar-refractivity contribution in [3.05, 3.63) is 47.6 Å². The molecule has 7 nitrogen and oxygen atoms in total. The van der Waals surface area contributed by atoms with Gasteiger partial charge in [-0.15, -0.1) is 0 Å². The van der Waals surface area contributed by atoms with Crippen LogP contribution in [0.15, 0.2) is 46.9 Å². The molecular weight excluding hydrogens is 434 g/mol. The molecule has 0 spiro atoms. The molecule has 3 aliphatic rings. The Kier molecular flexibility index (Phi) is 7.67. The zero-order chi connectivity index (χ0) is 23.4. The van der Waals surface area contributed by atoms with E-state index < -0.39 is 10.0 Å². The van der Waals surface area contributed by atoms with E-state index in [0.717, 1.165) is 63.4 Å². The summed E-state index contributed by atoms with van der Waals surface area (Å²) in [5.41, 5.74) is 2.50. The maximum atomic E-state index is 13.0. The summed E-state index contributed by atoms with van der Waals surface area (Å²) in [6.07, 6.45) is 6.34. The molecule has 8 heteroatoms. The predicted molar refractivity (Wildman–Crippen MR) is 131 cm³/mol. The van der Waals surface area contributed by atoms with Crippen LogP contribution in [0.3, 0.4) is 0 Å². The van der Waals surface area contributed by atoms with Gasteiger partial charge in [0.2, 0.25) is 10.0 Å². The maximum Gasteiger partial charge on any atom is 0.243 e. The summed E-state index contributed by atoms with van der Waals surface area (Å²) in [6, 6.07) is 9.41. The minimum absolute atomic E-state index is 0.318. The Labute approximate surface area is 198 Å². The second-order valence-corrected chi connectivity index (χ2v) is 11.4. The van der Waals surface area contributed by atoms with Gasteiger partial charge in [0.25, 0.3) is 0 Å². The number of sulfonamides is 1. The number of hydrogen-bond donors (Lipinski definition) is 0. The Bertz CT molecular complexity index is 1030. The second-order valence-electron chi connectivity index (χ2n) is 9.49. The van der Waals surface area contributed by atoms with Crippen molar-refractivity contribution in [3.8, 4) is 6.07 Å². The number of benzene rings is 1. The number of piperazine rings is 1. The molecule has 0 amide bonds. The molecule has 1 aromatic carbocycles. The van der Waals surface area contributed by atoms with Crippen molar-refractivity contribution in [2.24, 2.45) is 5.92 Å². The van der Waals surface area contributed by atoms with Crippen molar-refractivity contribution in [2.75, 3.05) is 73.0 Å². The van der Waals surface area contributed by atoms with Gasteiger partial charge in [-0.1, -0.05) is 24.3 Å². The first-order valence-corrected chi connectivity index (χ1v) is 13.3. The van der Waals surface area contributed by atoms with E-state index >= 15 is 0 Å². The molecule has 0 N–H and O–H groups in total. The number of nitrogens with zero attached hydrogens (tertiary/aromatic N) is 5. The Morgan fingerprint density at radius 2 is 1.61 bits per heavy atom. The summed E-state index contributed by atoms with van der Waals surface area (Å²) in [4.78, 5) is 7.34. The van der Waals surface area contributed by atoms with Crippen LogP contribution in [0.2, 0.25) is 0 Å². The third-order valence-electron chi connectivity index (χ3n) is 7.01. The summed E-state index contributed by atoms with van der Waals surface area (Å²) in [6.45, 7) is 7.91. The Morgan fingerprint density at radius 3 is 2.30 bits per heavy atom. The van der Waals surface area contributed by atoms with Gasteiger partial charge in [-0.3, -0.25) is 0 Å². The fraction of sp³-hybridized carbons (Fsp3) is 0.560. The van der Waals surface area contributed by atoms with E-state index in [4.69, 9.17) is 0 Å². The van der Waals surface area contributed by atoms with E-state index in [1.165, 1.54) is 6.42 Å². The summed E-state index contributed by atoms with van der Waals surface area (Å²) >= 11 is 0. The molecular formula is C25H35N5O2S. The first-order chi connectivity index (χ1) is 15.9. The lowest BCUT2D eigenvalue weighted by atomic mass is 9.87. The molecule has 1 unspecified atom stereocenters. The number of rotatable bonds is 5. The Balaban J connectivity index is 1.44. The average Bonchev–Trinajstić information content (AvgIpc) is 3.03. The van der Waals surface area contributed by atoms with Gasteiger partial charge in [-0.05, 0) is 69.2 Å². The predicted octanol–water partition coefficient (Wildman–Crippen LogP) is 2.11. The maximum absolute atomic E-state index is 13.0. The van der Waals surface area contributed by atoms with Gasteiger partial charge >= 0.3 is 0 Å². The Morgan fingerprint density at radius 1 is 0.939 bits per heavy atom. The molecule has 0 bridgehead atoms. The number of hydrogen-bond acceptors (Lipinski definition) is 6. The SMILES string of the molecule is CN1CCCN(CC2C=C(C#N)C(c3ccc(S(=O)(=O)N4CCN(C)CC4)cc3)=CC2)CC1. The standard InChI is InChI=1S/C25H35N5O2S/c1-27-10-3-11-29(15-12-27)20-21-4-9-25(23(18-21)19-26)22-5-7-24(8-6-22)33(31,32)30-16-13-28(2)14-17-30/h5-9,18,21H,3-4,10-17,20H2,1-2H3. The van der Waals surface area contributed by atoms with Crippen molar-refractivity contribution in [1.29, 1.82) is 5.26 Å². The molecule has 2 heterocycles. The normalized spacial score (nSPS) is 24.6. The van der Waals surface area contributed by atoms with Gasteiger partial charge < -0.3 is 14.7 Å². The monoisotopic (exact) mass is 469 g/mol. The molecule has 1 aliphatic carbocycles. The molecule has 0 saturated carbocycles. The van der Waals surface area contributed by atoms with Crippen LogP contribution in [0, 0.1) is 17.2 Å². The van der Waals surface area contributed by atoms with E-state index in [9.17, 15) is 13.7 Å². The highest BCUT2D eigenvalue weighted by molar-refractivity contribution is 7.89. The van der Waals surface area contributed by atoms with E-state index in [-0.39, 0.29) is 0 Å². The number of likely N-dealkylation sites (N-methyl/N-ethyl adjacent to an activating group) is 2. The van der Waals surface area contributed by atoms with Crippen molar-refractivity contribution in [1.82, 2.24) is 19.0 Å². The van der Waals surface area contributed by atoms with Crippen molar-refractivity contribution in [3.63, 3.8) is 0 Å². The van der Waals surface area contributed by atoms with Crippen LogP contribution < -0.4 is 0 Å². The zero-order valence-corrected chi connectivity index (χ0v) is 20.6. The molecule has 2 fully saturated rings. The summed E-state index contributed by atoms with van der Waals surface area (Å²) in [5.74, 6) is 0.337. The minimum atomic E-state index is -3.49. The molecule has 4 rings (SSSR count). The minimum Gasteiger partial charge on any atom is -0.305 e. The number of allylic oxidation sites excluding steroid dienone is 3. The van der Waals surface area contributed by atoms with Crippen molar-refractivity contribution >= 4 is 15.6 Å². The summed E-state index contributed by atoms with van der Waals surface area (Å²) in [7, 11) is 0.698. The van der Waals surface area contributed by atoms with Gasteiger partial charge in [-0.2, -0.15) is 9.57 Å².